The van der Waals surface area contributed by atoms with Gasteiger partial charge in [0.1, 0.15) is 6.10 Å². The highest BCUT2D eigenvalue weighted by atomic mass is 16.6. The molecule has 0 aromatic heterocycles. The normalized spacial score (nSPS) is 26.8. The maximum Gasteiger partial charge on any atom is 0.347 e. The molecular weight excluding hydrogens is 172 g/mol. The van der Waals surface area contributed by atoms with Crippen LogP contribution in [0.1, 0.15) is 20.3 Å². The van der Waals surface area contributed by atoms with Crippen LogP contribution in [-0.2, 0) is 19.1 Å². The van der Waals surface area contributed by atoms with Crippen molar-refractivity contribution < 1.29 is 19.1 Å². The van der Waals surface area contributed by atoms with Crippen molar-refractivity contribution in [3.8, 4) is 0 Å². The number of hydrogen-bond donors (Lipinski definition) is 0. The molecule has 1 saturated heterocycles. The molecule has 0 aliphatic carbocycles. The Morgan fingerprint density at radius 1 is 1.69 bits per heavy atom. The Hall–Kier alpha value is -1.32. The van der Waals surface area contributed by atoms with Crippen molar-refractivity contribution in [3.05, 3.63) is 12.2 Å². The standard InChI is InChI=1S/C9H12O4/c1-5(2)8(10)13-7-4-6(3)12-9(7)11/h6-7H,1,4H2,2-3H3. The summed E-state index contributed by atoms with van der Waals surface area (Å²) in [5, 5.41) is 0. The first-order valence-corrected chi connectivity index (χ1v) is 4.07. The zero-order chi connectivity index (χ0) is 10.0. The highest BCUT2D eigenvalue weighted by Crippen LogP contribution is 2.17. The summed E-state index contributed by atoms with van der Waals surface area (Å²) in [4.78, 5) is 22.0. The molecule has 2 atom stereocenters. The van der Waals surface area contributed by atoms with Crippen LogP contribution in [-0.4, -0.2) is 24.1 Å². The van der Waals surface area contributed by atoms with E-state index in [2.05, 4.69) is 6.58 Å². The molecular formula is C9H12O4. The van der Waals surface area contributed by atoms with Gasteiger partial charge in [0.05, 0.1) is 0 Å². The molecule has 0 amide bonds. The van der Waals surface area contributed by atoms with Gasteiger partial charge in [-0.05, 0) is 13.8 Å². The predicted octanol–water partition coefficient (Wildman–Crippen LogP) is 0.810. The van der Waals surface area contributed by atoms with Crippen LogP contribution >= 0.6 is 0 Å². The predicted molar refractivity (Wildman–Crippen MR) is 44.9 cm³/mol. The van der Waals surface area contributed by atoms with Gasteiger partial charge in [-0.1, -0.05) is 6.58 Å². The second-order valence-corrected chi connectivity index (χ2v) is 3.16. The molecule has 0 saturated carbocycles. The summed E-state index contributed by atoms with van der Waals surface area (Å²) in [7, 11) is 0. The zero-order valence-electron chi connectivity index (χ0n) is 7.70. The largest absolute Gasteiger partial charge is 0.460 e. The summed E-state index contributed by atoms with van der Waals surface area (Å²) in [5.74, 6) is -1.02. The van der Waals surface area contributed by atoms with E-state index in [-0.39, 0.29) is 11.7 Å². The Kier molecular flexibility index (Phi) is 2.70. The molecule has 0 bridgehead atoms. The van der Waals surface area contributed by atoms with Gasteiger partial charge in [-0.3, -0.25) is 0 Å². The lowest BCUT2D eigenvalue weighted by molar-refractivity contribution is -0.158. The highest BCUT2D eigenvalue weighted by molar-refractivity contribution is 5.89. The van der Waals surface area contributed by atoms with Crippen molar-refractivity contribution in [2.45, 2.75) is 32.5 Å². The van der Waals surface area contributed by atoms with Crippen LogP contribution in [0.5, 0.6) is 0 Å². The van der Waals surface area contributed by atoms with Gasteiger partial charge < -0.3 is 9.47 Å². The van der Waals surface area contributed by atoms with Crippen molar-refractivity contribution >= 4 is 11.9 Å². The molecule has 13 heavy (non-hydrogen) atoms. The van der Waals surface area contributed by atoms with Crippen LogP contribution < -0.4 is 0 Å². The Labute approximate surface area is 76.5 Å². The molecule has 4 heteroatoms. The summed E-state index contributed by atoms with van der Waals surface area (Å²) in [6, 6.07) is 0. The third-order valence-corrected chi connectivity index (χ3v) is 1.72. The number of cyclic esters (lactones) is 1. The van der Waals surface area contributed by atoms with Crippen LogP contribution in [0.25, 0.3) is 0 Å². The molecule has 1 rings (SSSR count). The second kappa shape index (κ2) is 3.60. The number of carbonyl (C=O) groups excluding carboxylic acids is 2. The zero-order valence-corrected chi connectivity index (χ0v) is 7.70. The van der Waals surface area contributed by atoms with Crippen LogP contribution in [0.3, 0.4) is 0 Å². The van der Waals surface area contributed by atoms with Crippen molar-refractivity contribution in [2.75, 3.05) is 0 Å². The molecule has 1 aliphatic rings. The van der Waals surface area contributed by atoms with Gasteiger partial charge in [0, 0.05) is 12.0 Å². The van der Waals surface area contributed by atoms with Crippen molar-refractivity contribution in [2.24, 2.45) is 0 Å². The first-order valence-electron chi connectivity index (χ1n) is 4.07. The molecule has 1 fully saturated rings. The molecule has 0 radical (unpaired) electrons. The molecule has 4 nitrogen and oxygen atoms in total. The topological polar surface area (TPSA) is 52.6 Å². The monoisotopic (exact) mass is 184 g/mol. The Bertz CT molecular complexity index is 256. The lowest BCUT2D eigenvalue weighted by atomic mass is 10.2. The first-order chi connectivity index (χ1) is 6.00. The molecule has 0 spiro atoms. The molecule has 0 aromatic rings. The lowest BCUT2D eigenvalue weighted by Crippen LogP contribution is -2.22. The fourth-order valence-corrected chi connectivity index (χ4v) is 1.05. The fraction of sp³-hybridized carbons (Fsp3) is 0.556. The Balaban J connectivity index is 2.51. The number of ether oxygens (including phenoxy) is 2. The summed E-state index contributed by atoms with van der Waals surface area (Å²) in [6.07, 6.45) is -0.493. The minimum Gasteiger partial charge on any atom is -0.460 e. The third kappa shape index (κ3) is 2.31. The van der Waals surface area contributed by atoms with E-state index in [1.165, 1.54) is 6.92 Å². The van der Waals surface area contributed by atoms with Crippen LogP contribution in [0.15, 0.2) is 12.2 Å². The van der Waals surface area contributed by atoms with Gasteiger partial charge >= 0.3 is 11.9 Å². The van der Waals surface area contributed by atoms with Crippen LogP contribution in [0, 0.1) is 0 Å². The van der Waals surface area contributed by atoms with Crippen LogP contribution in [0.4, 0.5) is 0 Å². The second-order valence-electron chi connectivity index (χ2n) is 3.16. The van der Waals surface area contributed by atoms with Gasteiger partial charge in [0.25, 0.3) is 0 Å². The summed E-state index contributed by atoms with van der Waals surface area (Å²) in [5.41, 5.74) is 0.285. The van der Waals surface area contributed by atoms with E-state index in [9.17, 15) is 9.59 Å². The molecule has 0 aromatic carbocycles. The maximum absolute atomic E-state index is 11.0. The van der Waals surface area contributed by atoms with Crippen molar-refractivity contribution in [1.82, 2.24) is 0 Å². The minimum absolute atomic E-state index is 0.171. The average molecular weight is 184 g/mol. The van der Waals surface area contributed by atoms with E-state index < -0.39 is 18.0 Å². The van der Waals surface area contributed by atoms with E-state index in [1.54, 1.807) is 6.92 Å². The number of hydrogen-bond acceptors (Lipinski definition) is 4. The Morgan fingerprint density at radius 3 is 2.69 bits per heavy atom. The number of carbonyl (C=O) groups is 2. The van der Waals surface area contributed by atoms with Gasteiger partial charge in [-0.2, -0.15) is 0 Å². The fourth-order valence-electron chi connectivity index (χ4n) is 1.05. The minimum atomic E-state index is -0.751. The van der Waals surface area contributed by atoms with E-state index in [0.29, 0.717) is 6.42 Å². The van der Waals surface area contributed by atoms with Gasteiger partial charge in [-0.25, -0.2) is 9.59 Å². The average Bonchev–Trinajstić information content (AvgIpc) is 2.30. The SMILES string of the molecule is C=C(C)C(=O)OC1CC(C)OC1=O. The number of esters is 2. The lowest BCUT2D eigenvalue weighted by Gasteiger charge is -2.06. The molecule has 0 N–H and O–H groups in total. The smallest absolute Gasteiger partial charge is 0.347 e. The van der Waals surface area contributed by atoms with Gasteiger partial charge in [0.2, 0.25) is 6.10 Å². The van der Waals surface area contributed by atoms with Crippen molar-refractivity contribution in [3.63, 3.8) is 0 Å². The van der Waals surface area contributed by atoms with E-state index in [0.717, 1.165) is 0 Å². The van der Waals surface area contributed by atoms with Gasteiger partial charge in [0.15, 0.2) is 0 Å². The van der Waals surface area contributed by atoms with Crippen LogP contribution in [0.2, 0.25) is 0 Å². The maximum atomic E-state index is 11.0. The number of rotatable bonds is 2. The van der Waals surface area contributed by atoms with Gasteiger partial charge in [-0.15, -0.1) is 0 Å². The quantitative estimate of drug-likeness (QED) is 0.470. The van der Waals surface area contributed by atoms with Crippen molar-refractivity contribution in [1.29, 1.82) is 0 Å². The Morgan fingerprint density at radius 2 is 2.31 bits per heavy atom. The molecule has 1 heterocycles. The summed E-state index contributed by atoms with van der Waals surface area (Å²) < 4.78 is 9.65. The highest BCUT2D eigenvalue weighted by Gasteiger charge is 2.34. The third-order valence-electron chi connectivity index (χ3n) is 1.72. The van der Waals surface area contributed by atoms with E-state index in [1.807, 2.05) is 0 Å². The molecule has 72 valence electrons. The van der Waals surface area contributed by atoms with E-state index in [4.69, 9.17) is 9.47 Å². The van der Waals surface area contributed by atoms with E-state index >= 15 is 0 Å². The first kappa shape index (κ1) is 9.77. The summed E-state index contributed by atoms with van der Waals surface area (Å²) in [6.45, 7) is 6.70. The molecule has 1 aliphatic heterocycles. The molecule has 2 unspecified atom stereocenters. The summed E-state index contributed by atoms with van der Waals surface area (Å²) >= 11 is 0.